The molecule has 0 aromatic carbocycles. The monoisotopic (exact) mass is 211 g/mol. The van der Waals surface area contributed by atoms with Crippen molar-refractivity contribution in [3.05, 3.63) is 23.8 Å². The molecule has 0 saturated carbocycles. The van der Waals surface area contributed by atoms with Crippen LogP contribution < -0.4 is 0 Å². The number of rotatable bonds is 3. The number of hydrogen-bond acceptors (Lipinski definition) is 5. The first-order chi connectivity index (χ1) is 6.74. The highest BCUT2D eigenvalue weighted by atomic mass is 32.2. The summed E-state index contributed by atoms with van der Waals surface area (Å²) in [6, 6.07) is 0. The van der Waals surface area contributed by atoms with Crippen molar-refractivity contribution in [2.45, 2.75) is 5.37 Å². The van der Waals surface area contributed by atoms with E-state index in [1.165, 1.54) is 17.8 Å². The fourth-order valence-corrected chi connectivity index (χ4v) is 2.37. The van der Waals surface area contributed by atoms with E-state index >= 15 is 0 Å². The van der Waals surface area contributed by atoms with E-state index in [1.807, 2.05) is 0 Å². The molecule has 0 aromatic heterocycles. The SMILES string of the molecule is C=CCOC(=O)C1=CSC2C(=O)CN12. The molecule has 14 heavy (non-hydrogen) atoms. The van der Waals surface area contributed by atoms with Crippen LogP contribution in [0.4, 0.5) is 0 Å². The van der Waals surface area contributed by atoms with Crippen molar-refractivity contribution in [1.82, 2.24) is 4.90 Å². The summed E-state index contributed by atoms with van der Waals surface area (Å²) >= 11 is 1.36. The first-order valence-electron chi connectivity index (χ1n) is 4.17. The van der Waals surface area contributed by atoms with Crippen LogP contribution in [-0.4, -0.2) is 35.2 Å². The van der Waals surface area contributed by atoms with Crippen LogP contribution in [0.5, 0.6) is 0 Å². The van der Waals surface area contributed by atoms with Crippen LogP contribution in [0, 0.1) is 0 Å². The lowest BCUT2D eigenvalue weighted by Gasteiger charge is -2.35. The summed E-state index contributed by atoms with van der Waals surface area (Å²) in [7, 11) is 0. The summed E-state index contributed by atoms with van der Waals surface area (Å²) in [5.74, 6) is -0.217. The van der Waals surface area contributed by atoms with Gasteiger partial charge in [0, 0.05) is 5.41 Å². The molecular weight excluding hydrogens is 202 g/mol. The van der Waals surface area contributed by atoms with Gasteiger partial charge in [-0.1, -0.05) is 24.4 Å². The predicted molar refractivity (Wildman–Crippen MR) is 52.3 cm³/mol. The molecule has 1 saturated heterocycles. The van der Waals surface area contributed by atoms with E-state index in [1.54, 1.807) is 10.3 Å². The van der Waals surface area contributed by atoms with Crippen LogP contribution in [0.2, 0.25) is 0 Å². The van der Waals surface area contributed by atoms with Gasteiger partial charge in [-0.15, -0.1) is 0 Å². The Labute approximate surface area is 85.6 Å². The molecule has 1 atom stereocenters. The highest BCUT2D eigenvalue weighted by Gasteiger charge is 2.44. The minimum absolute atomic E-state index is 0.165. The highest BCUT2D eigenvalue weighted by molar-refractivity contribution is 8.03. The molecule has 0 N–H and O–H groups in total. The Morgan fingerprint density at radius 2 is 2.64 bits per heavy atom. The average Bonchev–Trinajstić information content (AvgIpc) is 2.51. The fourth-order valence-electron chi connectivity index (χ4n) is 1.32. The van der Waals surface area contributed by atoms with Gasteiger partial charge in [-0.05, 0) is 0 Å². The lowest BCUT2D eigenvalue weighted by Crippen LogP contribution is -2.52. The Morgan fingerprint density at radius 1 is 1.86 bits per heavy atom. The summed E-state index contributed by atoms with van der Waals surface area (Å²) in [4.78, 5) is 24.2. The number of ether oxygens (including phenoxy) is 1. The fraction of sp³-hybridized carbons (Fsp3) is 0.333. The molecule has 2 heterocycles. The van der Waals surface area contributed by atoms with Gasteiger partial charge in [0.2, 0.25) is 0 Å². The van der Waals surface area contributed by atoms with E-state index in [0.29, 0.717) is 12.2 Å². The molecule has 1 fully saturated rings. The van der Waals surface area contributed by atoms with Gasteiger partial charge < -0.3 is 9.64 Å². The molecular formula is C9H9NO3S. The minimum atomic E-state index is -0.382. The topological polar surface area (TPSA) is 46.6 Å². The van der Waals surface area contributed by atoms with E-state index in [4.69, 9.17) is 4.74 Å². The molecule has 0 aromatic rings. The minimum Gasteiger partial charge on any atom is -0.457 e. The molecule has 1 unspecified atom stereocenters. The third kappa shape index (κ3) is 1.33. The van der Waals surface area contributed by atoms with Crippen LogP contribution in [0.1, 0.15) is 0 Å². The zero-order valence-electron chi connectivity index (χ0n) is 7.43. The summed E-state index contributed by atoms with van der Waals surface area (Å²) in [5.41, 5.74) is 0.487. The van der Waals surface area contributed by atoms with Gasteiger partial charge in [0.15, 0.2) is 5.78 Å². The maximum absolute atomic E-state index is 11.4. The maximum Gasteiger partial charge on any atom is 0.355 e. The number of nitrogens with zero attached hydrogens (tertiary/aromatic N) is 1. The van der Waals surface area contributed by atoms with Crippen molar-refractivity contribution in [2.75, 3.05) is 13.2 Å². The molecule has 0 spiro atoms. The Bertz CT molecular complexity index is 337. The van der Waals surface area contributed by atoms with E-state index in [-0.39, 0.29) is 23.7 Å². The quantitative estimate of drug-likeness (QED) is 0.503. The second kappa shape index (κ2) is 3.49. The Morgan fingerprint density at radius 3 is 3.21 bits per heavy atom. The Balaban J connectivity index is 1.96. The van der Waals surface area contributed by atoms with Crippen molar-refractivity contribution in [1.29, 1.82) is 0 Å². The van der Waals surface area contributed by atoms with Gasteiger partial charge in [0.05, 0.1) is 6.54 Å². The predicted octanol–water partition coefficient (Wildman–Crippen LogP) is 0.515. The van der Waals surface area contributed by atoms with E-state index in [9.17, 15) is 9.59 Å². The summed E-state index contributed by atoms with van der Waals surface area (Å²) < 4.78 is 4.87. The smallest absolute Gasteiger partial charge is 0.355 e. The van der Waals surface area contributed by atoms with Gasteiger partial charge in [-0.25, -0.2) is 4.79 Å². The largest absolute Gasteiger partial charge is 0.457 e. The lowest BCUT2D eigenvalue weighted by molar-refractivity contribution is -0.141. The third-order valence-corrected chi connectivity index (χ3v) is 3.18. The third-order valence-electron chi connectivity index (χ3n) is 2.04. The van der Waals surface area contributed by atoms with Crippen molar-refractivity contribution < 1.29 is 14.3 Å². The molecule has 4 nitrogen and oxygen atoms in total. The van der Waals surface area contributed by atoms with Crippen molar-refractivity contribution in [2.24, 2.45) is 0 Å². The van der Waals surface area contributed by atoms with Gasteiger partial charge in [-0.2, -0.15) is 0 Å². The highest BCUT2D eigenvalue weighted by Crippen LogP contribution is 2.37. The zero-order chi connectivity index (χ0) is 10.1. The van der Waals surface area contributed by atoms with Gasteiger partial charge >= 0.3 is 5.97 Å². The van der Waals surface area contributed by atoms with Crippen LogP contribution in [0.25, 0.3) is 0 Å². The maximum atomic E-state index is 11.4. The van der Waals surface area contributed by atoms with Crippen molar-refractivity contribution in [3.8, 4) is 0 Å². The Hall–Kier alpha value is -1.23. The van der Waals surface area contributed by atoms with E-state index in [0.717, 1.165) is 0 Å². The number of carbonyl (C=O) groups excluding carboxylic acids is 2. The lowest BCUT2D eigenvalue weighted by atomic mass is 10.2. The van der Waals surface area contributed by atoms with Gasteiger partial charge in [-0.3, -0.25) is 4.79 Å². The molecule has 2 aliphatic rings. The average molecular weight is 211 g/mol. The second-order valence-electron chi connectivity index (χ2n) is 2.97. The molecule has 5 heteroatoms. The molecule has 0 amide bonds. The van der Waals surface area contributed by atoms with Crippen LogP contribution in [-0.2, 0) is 14.3 Å². The first kappa shape index (κ1) is 9.33. The molecule has 0 radical (unpaired) electrons. The molecule has 74 valence electrons. The number of carbonyl (C=O) groups is 2. The van der Waals surface area contributed by atoms with Crippen LogP contribution in [0.3, 0.4) is 0 Å². The Kier molecular flexibility index (Phi) is 2.33. The molecule has 2 rings (SSSR count). The number of ketones is 1. The first-order valence-corrected chi connectivity index (χ1v) is 5.11. The number of esters is 1. The second-order valence-corrected chi connectivity index (χ2v) is 3.93. The van der Waals surface area contributed by atoms with E-state index < -0.39 is 0 Å². The van der Waals surface area contributed by atoms with Gasteiger partial charge in [0.25, 0.3) is 0 Å². The molecule has 0 aliphatic carbocycles. The number of hydrogen-bond donors (Lipinski definition) is 0. The van der Waals surface area contributed by atoms with E-state index in [2.05, 4.69) is 6.58 Å². The zero-order valence-corrected chi connectivity index (χ0v) is 8.25. The summed E-state index contributed by atoms with van der Waals surface area (Å²) in [6.07, 6.45) is 1.51. The normalized spacial score (nSPS) is 23.7. The van der Waals surface area contributed by atoms with Crippen molar-refractivity contribution >= 4 is 23.5 Å². The van der Waals surface area contributed by atoms with Gasteiger partial charge in [0.1, 0.15) is 17.7 Å². The summed E-state index contributed by atoms with van der Waals surface area (Å²) in [5, 5.41) is 1.50. The molecule has 0 bridgehead atoms. The number of thioether (sulfide) groups is 1. The molecule has 2 aliphatic heterocycles. The van der Waals surface area contributed by atoms with Crippen LogP contribution in [0.15, 0.2) is 23.8 Å². The van der Waals surface area contributed by atoms with Crippen LogP contribution >= 0.6 is 11.8 Å². The van der Waals surface area contributed by atoms with Crippen molar-refractivity contribution in [3.63, 3.8) is 0 Å². The standard InChI is InChI=1S/C9H9NO3S/c1-2-3-13-9(12)6-5-14-8-7(11)4-10(6)8/h2,5,8H,1,3-4H2. The number of fused-ring (bicyclic) bond motifs is 1. The summed E-state index contributed by atoms with van der Waals surface area (Å²) in [6.45, 7) is 3.98. The number of Topliss-reactive ketones (excluding diaryl/α,β-unsaturated/α-hetero) is 1.